The monoisotopic (exact) mass is 275 g/mol. The number of hydrogen-bond donors (Lipinski definition) is 2. The summed E-state index contributed by atoms with van der Waals surface area (Å²) >= 11 is 0. The number of nitrogens with two attached hydrogens (primary N) is 1. The summed E-state index contributed by atoms with van der Waals surface area (Å²) in [6.07, 6.45) is 4.51. The summed E-state index contributed by atoms with van der Waals surface area (Å²) in [5, 5.41) is 11.6. The van der Waals surface area contributed by atoms with Crippen molar-refractivity contribution < 1.29 is 10.0 Å². The Bertz CT molecular complexity index is 496. The molecule has 1 atom stereocenters. The second kappa shape index (κ2) is 6.41. The molecule has 0 radical (unpaired) electrons. The van der Waals surface area contributed by atoms with Gasteiger partial charge in [-0.15, -0.1) is 0 Å². The Morgan fingerprint density at radius 1 is 1.25 bits per heavy atom. The smallest absolute Gasteiger partial charge is 0.254 e. The number of rotatable bonds is 2. The number of oxime groups is 1. The minimum atomic E-state index is 0.0483. The SMILES string of the molecule is CC1CCCCCN1C(=O)c1ccc(C(N)=NO)cc1. The summed E-state index contributed by atoms with van der Waals surface area (Å²) in [5.41, 5.74) is 6.76. The molecule has 5 heteroatoms. The molecule has 5 nitrogen and oxygen atoms in total. The van der Waals surface area contributed by atoms with E-state index in [0.29, 0.717) is 11.1 Å². The molecule has 1 amide bonds. The number of carbonyl (C=O) groups is 1. The van der Waals surface area contributed by atoms with Gasteiger partial charge in [0.2, 0.25) is 0 Å². The van der Waals surface area contributed by atoms with E-state index in [0.717, 1.165) is 19.4 Å². The van der Waals surface area contributed by atoms with Crippen LogP contribution in [-0.2, 0) is 0 Å². The van der Waals surface area contributed by atoms with Crippen molar-refractivity contribution in [2.75, 3.05) is 6.54 Å². The first-order valence-electron chi connectivity index (χ1n) is 7.02. The van der Waals surface area contributed by atoms with E-state index in [1.165, 1.54) is 12.8 Å². The van der Waals surface area contributed by atoms with Gasteiger partial charge >= 0.3 is 0 Å². The summed E-state index contributed by atoms with van der Waals surface area (Å²) in [7, 11) is 0. The largest absolute Gasteiger partial charge is 0.409 e. The molecule has 1 heterocycles. The number of hydrogen-bond acceptors (Lipinski definition) is 3. The molecule has 0 saturated carbocycles. The summed E-state index contributed by atoms with van der Waals surface area (Å²) in [6.45, 7) is 2.93. The minimum absolute atomic E-state index is 0.0483. The van der Waals surface area contributed by atoms with Crippen LogP contribution in [0.25, 0.3) is 0 Å². The van der Waals surface area contributed by atoms with Crippen LogP contribution >= 0.6 is 0 Å². The number of carbonyl (C=O) groups excluding carboxylic acids is 1. The van der Waals surface area contributed by atoms with Gasteiger partial charge < -0.3 is 15.8 Å². The molecule has 1 aliphatic heterocycles. The van der Waals surface area contributed by atoms with Crippen molar-refractivity contribution in [3.05, 3.63) is 35.4 Å². The third-order valence-electron chi connectivity index (χ3n) is 3.85. The Labute approximate surface area is 119 Å². The van der Waals surface area contributed by atoms with Gasteiger partial charge in [-0.1, -0.05) is 30.1 Å². The molecule has 1 aliphatic rings. The summed E-state index contributed by atoms with van der Waals surface area (Å²) < 4.78 is 0. The lowest BCUT2D eigenvalue weighted by Crippen LogP contribution is -2.38. The average Bonchev–Trinajstić information content (AvgIpc) is 2.70. The molecular formula is C15H21N3O2. The van der Waals surface area contributed by atoms with Gasteiger partial charge in [-0.05, 0) is 31.9 Å². The van der Waals surface area contributed by atoms with Gasteiger partial charge in [0, 0.05) is 23.7 Å². The third kappa shape index (κ3) is 3.10. The van der Waals surface area contributed by atoms with Crippen LogP contribution in [0.3, 0.4) is 0 Å². The lowest BCUT2D eigenvalue weighted by Gasteiger charge is -2.27. The summed E-state index contributed by atoms with van der Waals surface area (Å²) in [6, 6.07) is 7.14. The van der Waals surface area contributed by atoms with E-state index >= 15 is 0 Å². The Morgan fingerprint density at radius 2 is 1.90 bits per heavy atom. The maximum absolute atomic E-state index is 12.5. The molecular weight excluding hydrogens is 254 g/mol. The zero-order valence-electron chi connectivity index (χ0n) is 11.7. The molecule has 0 aliphatic carbocycles. The molecule has 1 unspecified atom stereocenters. The van der Waals surface area contributed by atoms with Gasteiger partial charge in [0.1, 0.15) is 0 Å². The van der Waals surface area contributed by atoms with Crippen molar-refractivity contribution in [3.8, 4) is 0 Å². The minimum Gasteiger partial charge on any atom is -0.409 e. The molecule has 0 aromatic heterocycles. The Morgan fingerprint density at radius 3 is 2.55 bits per heavy atom. The van der Waals surface area contributed by atoms with E-state index in [-0.39, 0.29) is 17.8 Å². The highest BCUT2D eigenvalue weighted by Gasteiger charge is 2.22. The van der Waals surface area contributed by atoms with E-state index in [9.17, 15) is 4.79 Å². The van der Waals surface area contributed by atoms with Gasteiger partial charge in [0.15, 0.2) is 5.84 Å². The third-order valence-corrected chi connectivity index (χ3v) is 3.85. The van der Waals surface area contributed by atoms with Crippen LogP contribution in [-0.4, -0.2) is 34.4 Å². The number of benzene rings is 1. The lowest BCUT2D eigenvalue weighted by atomic mass is 10.1. The van der Waals surface area contributed by atoms with Crippen molar-refractivity contribution in [1.29, 1.82) is 0 Å². The van der Waals surface area contributed by atoms with Crippen LogP contribution in [0.5, 0.6) is 0 Å². The van der Waals surface area contributed by atoms with Crippen LogP contribution < -0.4 is 5.73 Å². The summed E-state index contributed by atoms with van der Waals surface area (Å²) in [5.74, 6) is 0.109. The second-order valence-corrected chi connectivity index (χ2v) is 5.26. The van der Waals surface area contributed by atoms with E-state index in [1.54, 1.807) is 24.3 Å². The Hall–Kier alpha value is -2.04. The molecule has 1 aromatic rings. The molecule has 1 aromatic carbocycles. The highest BCUT2D eigenvalue weighted by Crippen LogP contribution is 2.19. The number of amidine groups is 1. The Balaban J connectivity index is 2.16. The summed E-state index contributed by atoms with van der Waals surface area (Å²) in [4.78, 5) is 14.5. The van der Waals surface area contributed by atoms with Gasteiger partial charge in [0.05, 0.1) is 0 Å². The van der Waals surface area contributed by atoms with Gasteiger partial charge in [-0.3, -0.25) is 4.79 Å². The predicted molar refractivity (Wildman–Crippen MR) is 77.9 cm³/mol. The Kier molecular flexibility index (Phi) is 4.61. The van der Waals surface area contributed by atoms with Crippen LogP contribution in [0.2, 0.25) is 0 Å². The molecule has 0 bridgehead atoms. The van der Waals surface area contributed by atoms with Gasteiger partial charge in [-0.2, -0.15) is 0 Å². The highest BCUT2D eigenvalue weighted by atomic mass is 16.4. The van der Waals surface area contributed by atoms with Crippen LogP contribution in [0.4, 0.5) is 0 Å². The quantitative estimate of drug-likeness (QED) is 0.376. The average molecular weight is 275 g/mol. The molecule has 20 heavy (non-hydrogen) atoms. The first kappa shape index (κ1) is 14.4. The van der Waals surface area contributed by atoms with Crippen LogP contribution in [0.15, 0.2) is 29.4 Å². The van der Waals surface area contributed by atoms with Crippen molar-refractivity contribution in [2.24, 2.45) is 10.9 Å². The second-order valence-electron chi connectivity index (χ2n) is 5.26. The van der Waals surface area contributed by atoms with E-state index in [2.05, 4.69) is 12.1 Å². The fourth-order valence-corrected chi connectivity index (χ4v) is 2.58. The lowest BCUT2D eigenvalue weighted by molar-refractivity contribution is 0.0698. The zero-order chi connectivity index (χ0) is 14.5. The van der Waals surface area contributed by atoms with Crippen molar-refractivity contribution in [2.45, 2.75) is 38.6 Å². The van der Waals surface area contributed by atoms with Crippen molar-refractivity contribution in [1.82, 2.24) is 4.90 Å². The predicted octanol–water partition coefficient (Wildman–Crippen LogP) is 2.19. The van der Waals surface area contributed by atoms with E-state index < -0.39 is 0 Å². The zero-order valence-corrected chi connectivity index (χ0v) is 11.7. The molecule has 1 saturated heterocycles. The first-order valence-corrected chi connectivity index (χ1v) is 7.02. The van der Waals surface area contributed by atoms with Gasteiger partial charge in [0.25, 0.3) is 5.91 Å². The number of likely N-dealkylation sites (tertiary alicyclic amines) is 1. The topological polar surface area (TPSA) is 78.9 Å². The number of nitrogens with zero attached hydrogens (tertiary/aromatic N) is 2. The fourth-order valence-electron chi connectivity index (χ4n) is 2.58. The highest BCUT2D eigenvalue weighted by molar-refractivity contribution is 5.99. The van der Waals surface area contributed by atoms with E-state index in [1.807, 2.05) is 4.90 Å². The normalized spacial score (nSPS) is 20.6. The van der Waals surface area contributed by atoms with Gasteiger partial charge in [-0.25, -0.2) is 0 Å². The van der Waals surface area contributed by atoms with Crippen molar-refractivity contribution >= 4 is 11.7 Å². The molecule has 108 valence electrons. The number of amides is 1. The fraction of sp³-hybridized carbons (Fsp3) is 0.467. The molecule has 0 spiro atoms. The molecule has 1 fully saturated rings. The maximum atomic E-state index is 12.5. The standard InChI is InChI=1S/C15H21N3O2/c1-11-5-3-2-4-10-18(11)15(19)13-8-6-12(7-9-13)14(16)17-20/h6-9,11,20H,2-5,10H2,1H3,(H2,16,17). The van der Waals surface area contributed by atoms with Crippen molar-refractivity contribution in [3.63, 3.8) is 0 Å². The van der Waals surface area contributed by atoms with Crippen LogP contribution in [0.1, 0.15) is 48.5 Å². The molecule has 2 rings (SSSR count). The maximum Gasteiger partial charge on any atom is 0.254 e. The van der Waals surface area contributed by atoms with E-state index in [4.69, 9.17) is 10.9 Å². The molecule has 3 N–H and O–H groups in total. The van der Waals surface area contributed by atoms with Crippen LogP contribution in [0, 0.1) is 0 Å². The first-order chi connectivity index (χ1) is 9.63.